The van der Waals surface area contributed by atoms with Gasteiger partial charge in [-0.3, -0.25) is 10.1 Å². The van der Waals surface area contributed by atoms with E-state index in [0.717, 1.165) is 18.4 Å². The summed E-state index contributed by atoms with van der Waals surface area (Å²) < 4.78 is 12.9. The number of amides is 1. The van der Waals surface area contributed by atoms with E-state index < -0.39 is 0 Å². The molecule has 3 nitrogen and oxygen atoms in total. The van der Waals surface area contributed by atoms with E-state index in [-0.39, 0.29) is 17.9 Å². The van der Waals surface area contributed by atoms with Crippen LogP contribution >= 0.6 is 0 Å². The largest absolute Gasteiger partial charge is 0.319 e. The molecule has 1 aromatic rings. The third kappa shape index (κ3) is 2.01. The van der Waals surface area contributed by atoms with Gasteiger partial charge in [0.25, 0.3) is 0 Å². The molecule has 1 saturated heterocycles. The second kappa shape index (κ2) is 4.69. The van der Waals surface area contributed by atoms with E-state index in [2.05, 4.69) is 5.32 Å². The molecule has 1 aliphatic carbocycles. The topological polar surface area (TPSA) is 32.3 Å². The maximum Gasteiger partial charge on any atom is 0.238 e. The second-order valence-electron chi connectivity index (χ2n) is 5.07. The van der Waals surface area contributed by atoms with Crippen molar-refractivity contribution in [3.8, 4) is 0 Å². The Hall–Kier alpha value is -1.42. The number of hydrogen-bond acceptors (Lipinski definition) is 2. The highest BCUT2D eigenvalue weighted by molar-refractivity contribution is 5.81. The van der Waals surface area contributed by atoms with Crippen molar-refractivity contribution >= 4 is 5.91 Å². The number of carbonyl (C=O) groups excluding carboxylic acids is 1. The Morgan fingerprint density at radius 2 is 1.83 bits per heavy atom. The fraction of sp³-hybridized carbons (Fsp3) is 0.500. The summed E-state index contributed by atoms with van der Waals surface area (Å²) in [5.74, 6) is -0.0771. The van der Waals surface area contributed by atoms with Crippen molar-refractivity contribution in [3.63, 3.8) is 0 Å². The van der Waals surface area contributed by atoms with Gasteiger partial charge in [-0.05, 0) is 30.5 Å². The summed E-state index contributed by atoms with van der Waals surface area (Å²) in [5.41, 5.74) is 0.967. The van der Waals surface area contributed by atoms with E-state index in [9.17, 15) is 9.18 Å². The van der Waals surface area contributed by atoms with Crippen LogP contribution in [-0.2, 0) is 4.79 Å². The number of nitrogens with zero attached hydrogens (tertiary/aromatic N) is 1. The summed E-state index contributed by atoms with van der Waals surface area (Å²) in [4.78, 5) is 14.0. The van der Waals surface area contributed by atoms with Gasteiger partial charge >= 0.3 is 0 Å². The monoisotopic (exact) mass is 248 g/mol. The van der Waals surface area contributed by atoms with Gasteiger partial charge in [0.05, 0.1) is 6.54 Å². The molecule has 1 saturated carbocycles. The zero-order valence-electron chi connectivity index (χ0n) is 10.2. The third-order valence-corrected chi connectivity index (χ3v) is 3.92. The SMILES string of the molecule is O=C1CNC(c2ccc(F)cc2)N1C1CCCC1. The normalized spacial score (nSPS) is 25.1. The van der Waals surface area contributed by atoms with Crippen LogP contribution in [0.2, 0.25) is 0 Å². The lowest BCUT2D eigenvalue weighted by atomic mass is 10.1. The van der Waals surface area contributed by atoms with Gasteiger partial charge in [0.1, 0.15) is 12.0 Å². The standard InChI is InChI=1S/C14H17FN2O/c15-11-7-5-10(6-8-11)14-16-9-13(18)17(14)12-3-1-2-4-12/h5-8,12,14,16H,1-4,9H2. The Balaban J connectivity index is 1.85. The molecule has 0 aromatic heterocycles. The highest BCUT2D eigenvalue weighted by Crippen LogP contribution is 2.32. The van der Waals surface area contributed by atoms with Crippen molar-refractivity contribution in [1.29, 1.82) is 0 Å². The van der Waals surface area contributed by atoms with Crippen molar-refractivity contribution in [1.82, 2.24) is 10.2 Å². The first-order chi connectivity index (χ1) is 8.75. The van der Waals surface area contributed by atoms with Crippen molar-refractivity contribution in [2.24, 2.45) is 0 Å². The molecular formula is C14H17FN2O. The molecule has 3 rings (SSSR count). The highest BCUT2D eigenvalue weighted by atomic mass is 19.1. The maximum absolute atomic E-state index is 12.9. The molecule has 96 valence electrons. The molecular weight excluding hydrogens is 231 g/mol. The molecule has 1 aromatic carbocycles. The van der Waals surface area contributed by atoms with Crippen LogP contribution in [0.4, 0.5) is 4.39 Å². The number of rotatable bonds is 2. The summed E-state index contributed by atoms with van der Waals surface area (Å²) in [6, 6.07) is 6.77. The molecule has 18 heavy (non-hydrogen) atoms. The van der Waals surface area contributed by atoms with Crippen LogP contribution in [-0.4, -0.2) is 23.4 Å². The average Bonchev–Trinajstić information content (AvgIpc) is 2.99. The zero-order valence-corrected chi connectivity index (χ0v) is 10.2. The molecule has 2 fully saturated rings. The van der Waals surface area contributed by atoms with Crippen molar-refractivity contribution in [2.75, 3.05) is 6.54 Å². The lowest BCUT2D eigenvalue weighted by Crippen LogP contribution is -2.38. The molecule has 1 atom stereocenters. The Morgan fingerprint density at radius 1 is 1.17 bits per heavy atom. The van der Waals surface area contributed by atoms with Crippen LogP contribution in [0.3, 0.4) is 0 Å². The van der Waals surface area contributed by atoms with Gasteiger partial charge < -0.3 is 4.90 Å². The van der Waals surface area contributed by atoms with Gasteiger partial charge in [-0.2, -0.15) is 0 Å². The average molecular weight is 248 g/mol. The second-order valence-corrected chi connectivity index (χ2v) is 5.07. The maximum atomic E-state index is 12.9. The van der Waals surface area contributed by atoms with Crippen LogP contribution < -0.4 is 5.32 Å². The predicted octanol–water partition coefficient (Wildman–Crippen LogP) is 2.20. The number of nitrogens with one attached hydrogen (secondary N) is 1. The van der Waals surface area contributed by atoms with Gasteiger partial charge in [0, 0.05) is 6.04 Å². The Morgan fingerprint density at radius 3 is 2.50 bits per heavy atom. The summed E-state index contributed by atoms with van der Waals surface area (Å²) in [6.45, 7) is 0.387. The van der Waals surface area contributed by atoms with Gasteiger partial charge in [0.15, 0.2) is 0 Å². The van der Waals surface area contributed by atoms with Crippen LogP contribution in [0.25, 0.3) is 0 Å². The first-order valence-corrected chi connectivity index (χ1v) is 6.56. The van der Waals surface area contributed by atoms with Crippen LogP contribution in [0, 0.1) is 5.82 Å². The van der Waals surface area contributed by atoms with E-state index >= 15 is 0 Å². The summed E-state index contributed by atoms with van der Waals surface area (Å²) in [5, 5.41) is 3.22. The molecule has 0 spiro atoms. The van der Waals surface area contributed by atoms with Crippen molar-refractivity contribution in [3.05, 3.63) is 35.6 Å². The van der Waals surface area contributed by atoms with Gasteiger partial charge in [-0.15, -0.1) is 0 Å². The third-order valence-electron chi connectivity index (χ3n) is 3.92. The van der Waals surface area contributed by atoms with E-state index in [1.807, 2.05) is 4.90 Å². The quantitative estimate of drug-likeness (QED) is 0.870. The Bertz CT molecular complexity index is 440. The van der Waals surface area contributed by atoms with E-state index in [0.29, 0.717) is 12.6 Å². The molecule has 0 bridgehead atoms. The van der Waals surface area contributed by atoms with Crippen LogP contribution in [0.15, 0.2) is 24.3 Å². The van der Waals surface area contributed by atoms with E-state index in [4.69, 9.17) is 0 Å². The van der Waals surface area contributed by atoms with Gasteiger partial charge in [-0.25, -0.2) is 4.39 Å². The number of benzene rings is 1. The smallest absolute Gasteiger partial charge is 0.238 e. The number of hydrogen-bond donors (Lipinski definition) is 1. The fourth-order valence-corrected chi connectivity index (χ4v) is 3.04. The molecule has 1 unspecified atom stereocenters. The van der Waals surface area contributed by atoms with E-state index in [1.165, 1.54) is 25.0 Å². The number of halogens is 1. The Labute approximate surface area is 106 Å². The van der Waals surface area contributed by atoms with Crippen LogP contribution in [0.5, 0.6) is 0 Å². The zero-order chi connectivity index (χ0) is 12.5. The molecule has 1 amide bonds. The highest BCUT2D eigenvalue weighted by Gasteiger charge is 2.37. The summed E-state index contributed by atoms with van der Waals surface area (Å²) in [7, 11) is 0. The molecule has 4 heteroatoms. The van der Waals surface area contributed by atoms with Crippen molar-refractivity contribution < 1.29 is 9.18 Å². The van der Waals surface area contributed by atoms with Gasteiger partial charge in [-0.1, -0.05) is 25.0 Å². The lowest BCUT2D eigenvalue weighted by Gasteiger charge is -2.30. The lowest BCUT2D eigenvalue weighted by molar-refractivity contribution is -0.130. The summed E-state index contributed by atoms with van der Waals surface area (Å²) in [6.07, 6.45) is 4.49. The minimum Gasteiger partial charge on any atom is -0.319 e. The van der Waals surface area contributed by atoms with Gasteiger partial charge in [0.2, 0.25) is 5.91 Å². The minimum absolute atomic E-state index is 0.0822. The predicted molar refractivity (Wildman–Crippen MR) is 66.2 cm³/mol. The number of carbonyl (C=O) groups is 1. The molecule has 2 aliphatic rings. The molecule has 1 N–H and O–H groups in total. The van der Waals surface area contributed by atoms with Crippen molar-refractivity contribution in [2.45, 2.75) is 37.9 Å². The Kier molecular flexibility index (Phi) is 3.04. The minimum atomic E-state index is -0.240. The molecule has 1 heterocycles. The van der Waals surface area contributed by atoms with Crippen LogP contribution in [0.1, 0.15) is 37.4 Å². The molecule has 1 aliphatic heterocycles. The first-order valence-electron chi connectivity index (χ1n) is 6.56. The summed E-state index contributed by atoms with van der Waals surface area (Å²) >= 11 is 0. The molecule has 0 radical (unpaired) electrons. The fourth-order valence-electron chi connectivity index (χ4n) is 3.04. The van der Waals surface area contributed by atoms with E-state index in [1.54, 1.807) is 12.1 Å². The first kappa shape index (κ1) is 11.7.